The summed E-state index contributed by atoms with van der Waals surface area (Å²) in [6, 6.07) is 11.7. The molecule has 0 fully saturated rings. The SMILES string of the molecule is [CH2]CCCC(C)(C)c1ccc2ccccc2[n+]1[O-]. The lowest BCUT2D eigenvalue weighted by Gasteiger charge is -2.23. The fourth-order valence-electron chi connectivity index (χ4n) is 2.38. The molecule has 1 aromatic heterocycles. The highest BCUT2D eigenvalue weighted by Gasteiger charge is 2.28. The Kier molecular flexibility index (Phi) is 3.55. The van der Waals surface area contributed by atoms with E-state index in [2.05, 4.69) is 20.8 Å². The predicted molar refractivity (Wildman–Crippen MR) is 75.1 cm³/mol. The van der Waals surface area contributed by atoms with Gasteiger partial charge in [0.05, 0.1) is 5.41 Å². The van der Waals surface area contributed by atoms with Gasteiger partial charge >= 0.3 is 0 Å². The lowest BCUT2D eigenvalue weighted by molar-refractivity contribution is -0.590. The molecule has 0 spiro atoms. The van der Waals surface area contributed by atoms with Gasteiger partial charge in [0, 0.05) is 17.5 Å². The molecule has 0 aliphatic heterocycles. The minimum atomic E-state index is -0.108. The van der Waals surface area contributed by atoms with Crippen LogP contribution in [0.25, 0.3) is 10.9 Å². The normalized spacial score (nSPS) is 11.9. The Labute approximate surface area is 109 Å². The van der Waals surface area contributed by atoms with Crippen molar-refractivity contribution in [3.63, 3.8) is 0 Å². The smallest absolute Gasteiger partial charge is 0.223 e. The van der Waals surface area contributed by atoms with Crippen molar-refractivity contribution in [3.8, 4) is 0 Å². The number of pyridine rings is 1. The van der Waals surface area contributed by atoms with Crippen LogP contribution in [0.3, 0.4) is 0 Å². The summed E-state index contributed by atoms with van der Waals surface area (Å²) in [5.41, 5.74) is 1.48. The van der Waals surface area contributed by atoms with E-state index in [-0.39, 0.29) is 5.41 Å². The summed E-state index contributed by atoms with van der Waals surface area (Å²) in [5, 5.41) is 13.4. The fourth-order valence-corrected chi connectivity index (χ4v) is 2.38. The van der Waals surface area contributed by atoms with Crippen molar-refractivity contribution in [2.24, 2.45) is 0 Å². The first kappa shape index (κ1) is 12.9. The monoisotopic (exact) mass is 242 g/mol. The minimum absolute atomic E-state index is 0.108. The molecule has 0 saturated heterocycles. The van der Waals surface area contributed by atoms with Crippen LogP contribution >= 0.6 is 0 Å². The lowest BCUT2D eigenvalue weighted by atomic mass is 9.83. The maximum atomic E-state index is 12.4. The predicted octanol–water partition coefficient (Wildman–Crippen LogP) is 3.76. The second-order valence-electron chi connectivity index (χ2n) is 5.41. The molecule has 0 atom stereocenters. The van der Waals surface area contributed by atoms with Gasteiger partial charge in [-0.1, -0.05) is 31.9 Å². The molecule has 18 heavy (non-hydrogen) atoms. The molecule has 0 saturated carbocycles. The van der Waals surface area contributed by atoms with E-state index in [4.69, 9.17) is 0 Å². The third-order valence-electron chi connectivity index (χ3n) is 3.54. The highest BCUT2D eigenvalue weighted by molar-refractivity contribution is 5.75. The zero-order valence-electron chi connectivity index (χ0n) is 11.1. The van der Waals surface area contributed by atoms with E-state index in [9.17, 15) is 5.21 Å². The van der Waals surface area contributed by atoms with Gasteiger partial charge in [0.15, 0.2) is 5.69 Å². The summed E-state index contributed by atoms with van der Waals surface area (Å²) < 4.78 is 1.08. The molecule has 0 unspecified atom stereocenters. The van der Waals surface area contributed by atoms with E-state index in [0.29, 0.717) is 0 Å². The molecular formula is C16H20NO. The van der Waals surface area contributed by atoms with Crippen LogP contribution in [0.15, 0.2) is 36.4 Å². The number of para-hydroxylation sites is 1. The van der Waals surface area contributed by atoms with E-state index in [1.54, 1.807) is 0 Å². The molecule has 2 heteroatoms. The zero-order chi connectivity index (χ0) is 13.2. The molecule has 2 aromatic rings. The van der Waals surface area contributed by atoms with Gasteiger partial charge in [0.1, 0.15) is 0 Å². The molecule has 0 aliphatic rings. The average molecular weight is 242 g/mol. The maximum absolute atomic E-state index is 12.4. The van der Waals surface area contributed by atoms with Crippen LogP contribution in [-0.2, 0) is 5.41 Å². The molecule has 0 bridgehead atoms. The number of aromatic nitrogens is 1. The number of nitrogens with zero attached hydrogens (tertiary/aromatic N) is 1. The van der Waals surface area contributed by atoms with Crippen molar-refractivity contribution < 1.29 is 4.73 Å². The van der Waals surface area contributed by atoms with Crippen molar-refractivity contribution in [1.82, 2.24) is 0 Å². The Bertz CT molecular complexity index is 546. The van der Waals surface area contributed by atoms with Gasteiger partial charge in [-0.2, -0.15) is 4.73 Å². The van der Waals surface area contributed by atoms with Gasteiger partial charge in [-0.05, 0) is 32.4 Å². The quantitative estimate of drug-likeness (QED) is 0.592. The summed E-state index contributed by atoms with van der Waals surface area (Å²) in [6.45, 7) is 8.12. The molecule has 1 aromatic carbocycles. The highest BCUT2D eigenvalue weighted by Crippen LogP contribution is 2.27. The van der Waals surface area contributed by atoms with E-state index < -0.39 is 0 Å². The zero-order valence-corrected chi connectivity index (χ0v) is 11.1. The van der Waals surface area contributed by atoms with Crippen molar-refractivity contribution in [1.29, 1.82) is 0 Å². The first-order valence-corrected chi connectivity index (χ1v) is 6.47. The molecule has 0 amide bonds. The van der Waals surface area contributed by atoms with Crippen LogP contribution in [0, 0.1) is 12.1 Å². The summed E-state index contributed by atoms with van der Waals surface area (Å²) in [5.74, 6) is 0. The lowest BCUT2D eigenvalue weighted by Crippen LogP contribution is -2.40. The van der Waals surface area contributed by atoms with Crippen LogP contribution < -0.4 is 4.73 Å². The summed E-state index contributed by atoms with van der Waals surface area (Å²) in [4.78, 5) is 0. The van der Waals surface area contributed by atoms with Crippen molar-refractivity contribution in [3.05, 3.63) is 54.2 Å². The van der Waals surface area contributed by atoms with Gasteiger partial charge in [-0.25, -0.2) is 0 Å². The van der Waals surface area contributed by atoms with Crippen LogP contribution in [0.1, 0.15) is 38.8 Å². The average Bonchev–Trinajstić information content (AvgIpc) is 2.37. The minimum Gasteiger partial charge on any atom is -0.618 e. The molecule has 0 N–H and O–H groups in total. The van der Waals surface area contributed by atoms with Crippen LogP contribution in [0.5, 0.6) is 0 Å². The summed E-state index contributed by atoms with van der Waals surface area (Å²) >= 11 is 0. The molecule has 2 rings (SSSR count). The van der Waals surface area contributed by atoms with Gasteiger partial charge in [-0.15, -0.1) is 0 Å². The number of unbranched alkanes of at least 4 members (excludes halogenated alkanes) is 1. The fraction of sp³-hybridized carbons (Fsp3) is 0.375. The highest BCUT2D eigenvalue weighted by atomic mass is 16.5. The number of hydrogen-bond donors (Lipinski definition) is 0. The Morgan fingerprint density at radius 3 is 2.61 bits per heavy atom. The van der Waals surface area contributed by atoms with Crippen LogP contribution in [-0.4, -0.2) is 0 Å². The molecule has 2 nitrogen and oxygen atoms in total. The molecule has 1 heterocycles. The maximum Gasteiger partial charge on any atom is 0.223 e. The van der Waals surface area contributed by atoms with Gasteiger partial charge in [0.2, 0.25) is 5.52 Å². The molecule has 1 radical (unpaired) electrons. The third kappa shape index (κ3) is 2.33. The van der Waals surface area contributed by atoms with E-state index in [1.807, 2.05) is 36.4 Å². The van der Waals surface area contributed by atoms with Gasteiger partial charge < -0.3 is 5.21 Å². The largest absolute Gasteiger partial charge is 0.618 e. The van der Waals surface area contributed by atoms with Crippen LogP contribution in [0.4, 0.5) is 0 Å². The Hall–Kier alpha value is -1.57. The summed E-state index contributed by atoms with van der Waals surface area (Å²) in [7, 11) is 0. The van der Waals surface area contributed by atoms with E-state index >= 15 is 0 Å². The van der Waals surface area contributed by atoms with Gasteiger partial charge in [-0.3, -0.25) is 0 Å². The number of hydrogen-bond acceptors (Lipinski definition) is 1. The second-order valence-corrected chi connectivity index (χ2v) is 5.41. The van der Waals surface area contributed by atoms with Crippen molar-refractivity contribution >= 4 is 10.9 Å². The van der Waals surface area contributed by atoms with Crippen molar-refractivity contribution in [2.75, 3.05) is 0 Å². The summed E-state index contributed by atoms with van der Waals surface area (Å²) in [6.07, 6.45) is 2.94. The third-order valence-corrected chi connectivity index (χ3v) is 3.54. The number of benzene rings is 1. The molecule has 95 valence electrons. The van der Waals surface area contributed by atoms with E-state index in [1.165, 1.54) is 0 Å². The Morgan fingerprint density at radius 1 is 1.17 bits per heavy atom. The van der Waals surface area contributed by atoms with Crippen LogP contribution in [0.2, 0.25) is 0 Å². The van der Waals surface area contributed by atoms with Gasteiger partial charge in [0.25, 0.3) is 0 Å². The first-order chi connectivity index (χ1) is 8.56. The van der Waals surface area contributed by atoms with E-state index in [0.717, 1.165) is 40.6 Å². The standard InChI is InChI=1S/C16H20NO/c1-4-5-12-16(2,3)15-11-10-13-8-6-7-9-14(13)17(15)18/h6-11H,1,4-5,12H2,2-3H3. The molecular weight excluding hydrogens is 222 g/mol. The second kappa shape index (κ2) is 4.97. The topological polar surface area (TPSA) is 26.9 Å². The molecule has 0 aliphatic carbocycles. The Morgan fingerprint density at radius 2 is 1.89 bits per heavy atom. The number of fused-ring (bicyclic) bond motifs is 1. The van der Waals surface area contributed by atoms with Crippen molar-refractivity contribution in [2.45, 2.75) is 38.5 Å². The number of rotatable bonds is 4. The Balaban J connectivity index is 2.48. The first-order valence-electron chi connectivity index (χ1n) is 6.47.